The molecule has 2 aliphatic heterocycles. The smallest absolute Gasteiger partial charge is 0.309 e. The highest BCUT2D eigenvalue weighted by Crippen LogP contribution is 2.26. The van der Waals surface area contributed by atoms with Crippen molar-refractivity contribution in [1.82, 2.24) is 9.21 Å². The Morgan fingerprint density at radius 3 is 2.03 bits per heavy atom. The van der Waals surface area contributed by atoms with E-state index in [1.54, 1.807) is 43.0 Å². The molecule has 1 aromatic rings. The Hall–Kier alpha value is -2.46. The molecule has 1 atom stereocenters. The number of amides is 1. The van der Waals surface area contributed by atoms with E-state index in [4.69, 9.17) is 9.47 Å². The first-order valence-electron chi connectivity index (χ1n) is 11.9. The highest BCUT2D eigenvalue weighted by Gasteiger charge is 2.35. The van der Waals surface area contributed by atoms with E-state index in [2.05, 4.69) is 0 Å². The minimum Gasteiger partial charge on any atom is -0.466 e. The van der Waals surface area contributed by atoms with Gasteiger partial charge in [0, 0.05) is 26.2 Å². The van der Waals surface area contributed by atoms with Crippen LogP contribution in [0.2, 0.25) is 0 Å². The number of carbonyl (C=O) groups excluding carboxylic acids is 3. The molecule has 0 N–H and O–H groups in total. The summed E-state index contributed by atoms with van der Waals surface area (Å²) in [6.07, 6.45) is 0.810. The molecule has 1 aromatic carbocycles. The number of benzene rings is 1. The number of sulfonamides is 1. The molecule has 0 spiro atoms. The van der Waals surface area contributed by atoms with Crippen molar-refractivity contribution in [2.24, 2.45) is 11.8 Å². The van der Waals surface area contributed by atoms with E-state index in [0.717, 1.165) is 5.56 Å². The van der Waals surface area contributed by atoms with E-state index in [9.17, 15) is 22.8 Å². The quantitative estimate of drug-likeness (QED) is 0.534. The molecule has 2 saturated heterocycles. The molecule has 1 amide bonds. The topological polar surface area (TPSA) is 110 Å². The average Bonchev–Trinajstić information content (AvgIpc) is 2.84. The van der Waals surface area contributed by atoms with Gasteiger partial charge in [-0.2, -0.15) is 4.31 Å². The Morgan fingerprint density at radius 1 is 0.941 bits per heavy atom. The molecule has 0 aliphatic carbocycles. The highest BCUT2D eigenvalue weighted by atomic mass is 32.2. The largest absolute Gasteiger partial charge is 0.466 e. The lowest BCUT2D eigenvalue weighted by atomic mass is 9.96. The molecule has 0 radical (unpaired) electrons. The molecular formula is C24H34N2O7S. The van der Waals surface area contributed by atoms with Gasteiger partial charge in [0.25, 0.3) is 5.91 Å². The summed E-state index contributed by atoms with van der Waals surface area (Å²) in [6, 6.07) is 6.70. The van der Waals surface area contributed by atoms with Crippen molar-refractivity contribution in [3.63, 3.8) is 0 Å². The number of rotatable bonds is 7. The number of hydrogen-bond donors (Lipinski definition) is 0. The van der Waals surface area contributed by atoms with E-state index in [0.29, 0.717) is 45.4 Å². The van der Waals surface area contributed by atoms with Gasteiger partial charge >= 0.3 is 11.9 Å². The molecule has 2 aliphatic rings. The van der Waals surface area contributed by atoms with Gasteiger partial charge in [-0.05, 0) is 58.6 Å². The third-order valence-corrected chi connectivity index (χ3v) is 8.43. The van der Waals surface area contributed by atoms with Gasteiger partial charge in [0.05, 0.1) is 23.3 Å². The third kappa shape index (κ3) is 6.15. The monoisotopic (exact) mass is 494 g/mol. The first-order chi connectivity index (χ1) is 16.1. The molecule has 34 heavy (non-hydrogen) atoms. The predicted octanol–water partition coefficient (Wildman–Crippen LogP) is 2.13. The molecule has 188 valence electrons. The van der Waals surface area contributed by atoms with Crippen molar-refractivity contribution < 1.29 is 32.3 Å². The molecule has 10 heteroatoms. The third-order valence-electron chi connectivity index (χ3n) is 6.51. The second-order valence-corrected chi connectivity index (χ2v) is 10.9. The van der Waals surface area contributed by atoms with Crippen LogP contribution in [0.1, 0.15) is 45.1 Å². The number of piperidine rings is 2. The van der Waals surface area contributed by atoms with Gasteiger partial charge < -0.3 is 14.4 Å². The van der Waals surface area contributed by atoms with Gasteiger partial charge in [-0.25, -0.2) is 8.42 Å². The summed E-state index contributed by atoms with van der Waals surface area (Å²) in [6.45, 7) is 6.82. The summed E-state index contributed by atoms with van der Waals surface area (Å²) >= 11 is 0. The number of carbonyl (C=O) groups is 3. The molecule has 0 aromatic heterocycles. The maximum atomic E-state index is 12.8. The molecule has 2 heterocycles. The second-order valence-electron chi connectivity index (χ2n) is 8.92. The maximum absolute atomic E-state index is 12.8. The average molecular weight is 495 g/mol. The highest BCUT2D eigenvalue weighted by molar-refractivity contribution is 7.89. The van der Waals surface area contributed by atoms with E-state index in [-0.39, 0.29) is 35.8 Å². The fourth-order valence-corrected chi connectivity index (χ4v) is 5.83. The van der Waals surface area contributed by atoms with Crippen LogP contribution in [0.3, 0.4) is 0 Å². The first kappa shape index (κ1) is 26.2. The minimum absolute atomic E-state index is 0.205. The van der Waals surface area contributed by atoms with E-state index < -0.39 is 28.0 Å². The molecule has 9 nitrogen and oxygen atoms in total. The van der Waals surface area contributed by atoms with Gasteiger partial charge in [-0.15, -0.1) is 0 Å². The Bertz CT molecular complexity index is 977. The van der Waals surface area contributed by atoms with E-state index in [1.165, 1.54) is 4.31 Å². The lowest BCUT2D eigenvalue weighted by Crippen LogP contribution is -2.46. The fraction of sp³-hybridized carbons (Fsp3) is 0.625. The van der Waals surface area contributed by atoms with Crippen LogP contribution in [0.4, 0.5) is 0 Å². The number of hydrogen-bond acceptors (Lipinski definition) is 7. The van der Waals surface area contributed by atoms with E-state index >= 15 is 0 Å². The minimum atomic E-state index is -3.61. The standard InChI is InChI=1S/C24H34N2O7S/c1-4-32-23(28)19-9-13-25(14-10-19)22(27)18(3)33-24(29)20-11-15-26(16-12-20)34(30,31)21-7-5-17(2)6-8-21/h5-8,18-20H,4,9-16H2,1-3H3. The molecule has 3 rings (SSSR count). The predicted molar refractivity (Wildman–Crippen MR) is 124 cm³/mol. The summed E-state index contributed by atoms with van der Waals surface area (Å²) < 4.78 is 37.6. The van der Waals surface area contributed by atoms with Crippen molar-refractivity contribution in [3.8, 4) is 0 Å². The number of ether oxygens (including phenoxy) is 2. The van der Waals surface area contributed by atoms with Gasteiger partial charge in [0.2, 0.25) is 10.0 Å². The Morgan fingerprint density at radius 2 is 1.47 bits per heavy atom. The van der Waals surface area contributed by atoms with Gasteiger partial charge in [0.15, 0.2) is 6.10 Å². The van der Waals surface area contributed by atoms with Crippen LogP contribution in [0, 0.1) is 18.8 Å². The van der Waals surface area contributed by atoms with Gasteiger partial charge in [-0.3, -0.25) is 14.4 Å². The van der Waals surface area contributed by atoms with Crippen LogP contribution in [0.25, 0.3) is 0 Å². The molecule has 0 bridgehead atoms. The summed E-state index contributed by atoms with van der Waals surface area (Å²) in [4.78, 5) is 39.1. The van der Waals surface area contributed by atoms with Crippen molar-refractivity contribution in [3.05, 3.63) is 29.8 Å². The second kappa shape index (κ2) is 11.3. The number of likely N-dealkylation sites (tertiary alicyclic amines) is 1. The van der Waals surface area contributed by atoms with E-state index in [1.807, 2.05) is 6.92 Å². The molecule has 1 unspecified atom stereocenters. The summed E-state index contributed by atoms with van der Waals surface area (Å²) in [5, 5.41) is 0. The lowest BCUT2D eigenvalue weighted by molar-refractivity contribution is -0.164. The molecular weight excluding hydrogens is 460 g/mol. The lowest BCUT2D eigenvalue weighted by Gasteiger charge is -2.33. The van der Waals surface area contributed by atoms with Crippen LogP contribution in [-0.2, 0) is 33.9 Å². The van der Waals surface area contributed by atoms with Crippen LogP contribution in [0.5, 0.6) is 0 Å². The van der Waals surface area contributed by atoms with Crippen LogP contribution >= 0.6 is 0 Å². The maximum Gasteiger partial charge on any atom is 0.309 e. The Balaban J connectivity index is 1.47. The molecule has 2 fully saturated rings. The normalized spacial score (nSPS) is 19.4. The summed E-state index contributed by atoms with van der Waals surface area (Å²) in [7, 11) is -3.61. The summed E-state index contributed by atoms with van der Waals surface area (Å²) in [5.41, 5.74) is 0.979. The molecule has 0 saturated carbocycles. The first-order valence-corrected chi connectivity index (χ1v) is 13.3. The van der Waals surface area contributed by atoms with Crippen LogP contribution < -0.4 is 0 Å². The van der Waals surface area contributed by atoms with Gasteiger partial charge in [-0.1, -0.05) is 17.7 Å². The van der Waals surface area contributed by atoms with Crippen molar-refractivity contribution in [2.75, 3.05) is 32.8 Å². The van der Waals surface area contributed by atoms with Crippen molar-refractivity contribution >= 4 is 27.9 Å². The zero-order valence-electron chi connectivity index (χ0n) is 20.1. The number of nitrogens with zero attached hydrogens (tertiary/aromatic N) is 2. The van der Waals surface area contributed by atoms with Crippen molar-refractivity contribution in [2.45, 2.75) is 57.5 Å². The van der Waals surface area contributed by atoms with Crippen LogP contribution in [-0.4, -0.2) is 74.4 Å². The summed E-state index contributed by atoms with van der Waals surface area (Å²) in [5.74, 6) is -1.65. The zero-order chi connectivity index (χ0) is 24.9. The van der Waals surface area contributed by atoms with Gasteiger partial charge in [0.1, 0.15) is 0 Å². The number of esters is 2. The Labute approximate surface area is 201 Å². The van der Waals surface area contributed by atoms with Crippen molar-refractivity contribution in [1.29, 1.82) is 0 Å². The Kier molecular flexibility index (Phi) is 8.70. The SMILES string of the molecule is CCOC(=O)C1CCN(C(=O)C(C)OC(=O)C2CCN(S(=O)(=O)c3ccc(C)cc3)CC2)CC1. The number of aryl methyl sites for hydroxylation is 1. The van der Waals surface area contributed by atoms with Crippen LogP contribution in [0.15, 0.2) is 29.2 Å². The zero-order valence-corrected chi connectivity index (χ0v) is 20.9. The fourth-order valence-electron chi connectivity index (χ4n) is 4.36.